The van der Waals surface area contributed by atoms with Gasteiger partial charge in [0.05, 0.1) is 22.6 Å². The number of rotatable bonds is 7. The molecule has 1 aromatic rings. The smallest absolute Gasteiger partial charge is 0.408 e. The van der Waals surface area contributed by atoms with Crippen LogP contribution in [0, 0.1) is 5.21 Å². The van der Waals surface area contributed by atoms with Crippen LogP contribution in [0.3, 0.4) is 0 Å². The number of carboxylic acid groups (broad SMARTS) is 1. The average molecular weight is 421 g/mol. The maximum atomic E-state index is 11.8. The zero-order valence-corrected chi connectivity index (χ0v) is 16.8. The molecule has 0 aliphatic carbocycles. The number of alkyl carbamates (subject to hydrolysis) is 1. The number of methoxy groups -OCH3 is 1. The molecule has 27 heavy (non-hydrogen) atoms. The van der Waals surface area contributed by atoms with Gasteiger partial charge in [-0.2, -0.15) is 0 Å². The second kappa shape index (κ2) is 9.79. The largest absolute Gasteiger partial charge is 0.630 e. The molecule has 0 radical (unpaired) electrons. The number of nitrogens with two attached hydrogens (primary N) is 1. The number of benzene rings is 1. The second-order valence-corrected chi connectivity index (χ2v) is 7.80. The third-order valence-electron chi connectivity index (χ3n) is 3.03. The van der Waals surface area contributed by atoms with E-state index in [1.165, 1.54) is 19.2 Å². The first-order valence-electron chi connectivity index (χ1n) is 7.70. The van der Waals surface area contributed by atoms with E-state index >= 15 is 0 Å². The molecule has 0 aliphatic heterocycles. The highest BCUT2D eigenvalue weighted by Crippen LogP contribution is 2.31. The van der Waals surface area contributed by atoms with Crippen LogP contribution >= 0.6 is 23.4 Å². The maximum absolute atomic E-state index is 11.8. The molecule has 0 aromatic heterocycles. The first-order chi connectivity index (χ1) is 12.5. The molecule has 0 saturated carbocycles. The topological polar surface area (TPSA) is 142 Å². The molecular weight excluding hydrogens is 400 g/mol. The van der Waals surface area contributed by atoms with Crippen molar-refractivity contribution in [2.75, 3.05) is 12.9 Å². The normalized spacial score (nSPS) is 12.2. The Morgan fingerprint density at radius 2 is 2.00 bits per heavy atom. The van der Waals surface area contributed by atoms with Crippen LogP contribution in [0.25, 0.3) is 0 Å². The summed E-state index contributed by atoms with van der Waals surface area (Å²) in [4.78, 5) is 35.2. The van der Waals surface area contributed by atoms with Crippen LogP contribution in [-0.4, -0.2) is 47.6 Å². The number of amides is 1. The highest BCUT2D eigenvalue weighted by Gasteiger charge is 2.25. The Bertz CT molecular complexity index is 721. The maximum Gasteiger partial charge on any atom is 0.408 e. The summed E-state index contributed by atoms with van der Waals surface area (Å²) in [5, 5.41) is 22.9. The lowest BCUT2D eigenvalue weighted by molar-refractivity contribution is -0.499. The van der Waals surface area contributed by atoms with Gasteiger partial charge in [0, 0.05) is 11.8 Å². The standard InChI is InChI=1S/C16H21ClN2O7S/c1-16(2,3)26-15(23)18-11(13(20)21)7-27-12-6-9(17)8(14(22)25-4)5-10(12)19-24/h5-6,11H,7,19H2,1-4H3,(H,18,23)(H,20,21)/t11-/m0/s1. The summed E-state index contributed by atoms with van der Waals surface area (Å²) in [7, 11) is 1.18. The van der Waals surface area contributed by atoms with Crippen molar-refractivity contribution in [2.24, 2.45) is 0 Å². The van der Waals surface area contributed by atoms with Gasteiger partial charge in [0.25, 0.3) is 0 Å². The fourth-order valence-corrected chi connectivity index (χ4v) is 3.21. The molecule has 4 N–H and O–H groups in total. The number of nitrogens with one attached hydrogen (secondary N) is 1. The second-order valence-electron chi connectivity index (χ2n) is 6.33. The van der Waals surface area contributed by atoms with Crippen LogP contribution in [0.1, 0.15) is 31.1 Å². The van der Waals surface area contributed by atoms with E-state index in [0.29, 0.717) is 10.4 Å². The van der Waals surface area contributed by atoms with Crippen molar-refractivity contribution in [3.63, 3.8) is 0 Å². The van der Waals surface area contributed by atoms with Crippen molar-refractivity contribution in [1.82, 2.24) is 5.32 Å². The predicted molar refractivity (Wildman–Crippen MR) is 99.3 cm³/mol. The van der Waals surface area contributed by atoms with Crippen molar-refractivity contribution in [3.8, 4) is 0 Å². The van der Waals surface area contributed by atoms with Gasteiger partial charge < -0.3 is 30.6 Å². The van der Waals surface area contributed by atoms with Crippen molar-refractivity contribution >= 4 is 47.1 Å². The van der Waals surface area contributed by atoms with Gasteiger partial charge in [-0.25, -0.2) is 14.4 Å². The Morgan fingerprint density at radius 3 is 2.48 bits per heavy atom. The number of hydrogen-bond acceptors (Lipinski definition) is 7. The predicted octanol–water partition coefficient (Wildman–Crippen LogP) is 1.89. The molecule has 0 unspecified atom stereocenters. The Kier molecular flexibility index (Phi) is 8.35. The van der Waals surface area contributed by atoms with E-state index in [1.54, 1.807) is 20.8 Å². The van der Waals surface area contributed by atoms with Gasteiger partial charge in [-0.05, 0) is 26.8 Å². The van der Waals surface area contributed by atoms with Gasteiger partial charge in [-0.15, -0.1) is 11.8 Å². The van der Waals surface area contributed by atoms with E-state index in [0.717, 1.165) is 11.8 Å². The van der Waals surface area contributed by atoms with E-state index in [-0.39, 0.29) is 22.0 Å². The molecule has 0 saturated heterocycles. The lowest BCUT2D eigenvalue weighted by Gasteiger charge is -2.22. The Labute approximate surface area is 165 Å². The van der Waals surface area contributed by atoms with Gasteiger partial charge in [0.15, 0.2) is 0 Å². The van der Waals surface area contributed by atoms with Crippen LogP contribution in [0.2, 0.25) is 5.02 Å². The number of ether oxygens (including phenoxy) is 2. The summed E-state index contributed by atoms with van der Waals surface area (Å²) >= 11 is 7.02. The molecule has 0 fully saturated rings. The summed E-state index contributed by atoms with van der Waals surface area (Å²) in [6, 6.07) is 1.37. The fourth-order valence-electron chi connectivity index (χ4n) is 1.85. The zero-order chi connectivity index (χ0) is 20.8. The Morgan fingerprint density at radius 1 is 1.37 bits per heavy atom. The number of carbonyl (C=O) groups is 3. The van der Waals surface area contributed by atoms with Crippen LogP contribution in [0.5, 0.6) is 0 Å². The molecule has 9 nitrogen and oxygen atoms in total. The zero-order valence-electron chi connectivity index (χ0n) is 15.2. The monoisotopic (exact) mass is 420 g/mol. The third-order valence-corrected chi connectivity index (χ3v) is 4.50. The summed E-state index contributed by atoms with van der Waals surface area (Å²) in [5.41, 5.74) is -0.0943. The molecule has 1 aromatic carbocycles. The highest BCUT2D eigenvalue weighted by atomic mass is 35.5. The molecule has 1 atom stereocenters. The number of quaternary nitrogens is 1. The molecule has 1 amide bonds. The minimum Gasteiger partial charge on any atom is -0.630 e. The molecular formula is C16H21ClN2O7S. The van der Waals surface area contributed by atoms with E-state index in [4.69, 9.17) is 16.3 Å². The summed E-state index contributed by atoms with van der Waals surface area (Å²) < 4.78 is 9.62. The minimum absolute atomic E-state index is 0.0206. The fraction of sp³-hybridized carbons (Fsp3) is 0.438. The minimum atomic E-state index is -1.27. The Balaban J connectivity index is 2.92. The number of esters is 1. The molecule has 0 bridgehead atoms. The molecule has 0 spiro atoms. The first-order valence-corrected chi connectivity index (χ1v) is 9.07. The van der Waals surface area contributed by atoms with Crippen molar-refractivity contribution in [3.05, 3.63) is 27.9 Å². The van der Waals surface area contributed by atoms with Crippen LogP contribution < -0.4 is 10.8 Å². The lowest BCUT2D eigenvalue weighted by atomic mass is 10.2. The van der Waals surface area contributed by atoms with Crippen molar-refractivity contribution in [1.29, 1.82) is 0 Å². The number of hydrogen-bond donors (Lipinski definition) is 3. The molecule has 0 heterocycles. The highest BCUT2D eigenvalue weighted by molar-refractivity contribution is 7.99. The molecule has 0 aliphatic rings. The summed E-state index contributed by atoms with van der Waals surface area (Å²) in [5.74, 6) is -2.06. The average Bonchev–Trinajstić information content (AvgIpc) is 2.56. The number of aliphatic carboxylic acids is 1. The molecule has 11 heteroatoms. The first kappa shape index (κ1) is 23.0. The van der Waals surface area contributed by atoms with Crippen molar-refractivity contribution < 1.29 is 34.4 Å². The molecule has 150 valence electrons. The van der Waals surface area contributed by atoms with Gasteiger partial charge in [0.2, 0.25) is 0 Å². The number of carboxylic acids is 1. The van der Waals surface area contributed by atoms with E-state index in [2.05, 4.69) is 10.1 Å². The Hall–Kier alpha value is -2.01. The van der Waals surface area contributed by atoms with E-state index < -0.39 is 29.7 Å². The third kappa shape index (κ3) is 7.25. The number of carbonyl (C=O) groups excluding carboxylic acids is 2. The van der Waals surface area contributed by atoms with E-state index in [9.17, 15) is 24.7 Å². The number of halogens is 1. The quantitative estimate of drug-likeness (QED) is 0.263. The summed E-state index contributed by atoms with van der Waals surface area (Å²) in [6.07, 6.45) is -0.870. The number of thioether (sulfide) groups is 1. The van der Waals surface area contributed by atoms with Crippen LogP contribution in [0.15, 0.2) is 17.0 Å². The van der Waals surface area contributed by atoms with Gasteiger partial charge in [0.1, 0.15) is 17.3 Å². The van der Waals surface area contributed by atoms with Gasteiger partial charge >= 0.3 is 18.0 Å². The van der Waals surface area contributed by atoms with E-state index in [1.807, 2.05) is 0 Å². The summed E-state index contributed by atoms with van der Waals surface area (Å²) in [6.45, 7) is 4.95. The van der Waals surface area contributed by atoms with Crippen LogP contribution in [-0.2, 0) is 14.3 Å². The van der Waals surface area contributed by atoms with Gasteiger partial charge in [-0.1, -0.05) is 11.6 Å². The van der Waals surface area contributed by atoms with Crippen LogP contribution in [0.4, 0.5) is 10.5 Å². The molecule has 1 rings (SSSR count). The lowest BCUT2D eigenvalue weighted by Crippen LogP contribution is -2.70. The van der Waals surface area contributed by atoms with Gasteiger partial charge in [-0.3, -0.25) is 0 Å². The van der Waals surface area contributed by atoms with Crippen molar-refractivity contribution in [2.45, 2.75) is 37.3 Å². The SMILES string of the molecule is COC(=O)c1cc([NH2+][O-])c(SC[C@H](NC(=O)OC(C)(C)C)C(=O)O)cc1Cl.